The van der Waals surface area contributed by atoms with Crippen LogP contribution in [0.15, 0.2) is 47.4 Å². The molecule has 1 saturated heterocycles. The molecule has 0 unspecified atom stereocenters. The highest BCUT2D eigenvalue weighted by atomic mass is 35.5. The number of halogens is 2. The van der Waals surface area contributed by atoms with E-state index in [1.165, 1.54) is 47.6 Å². The maximum Gasteiger partial charge on any atom is 0.302 e. The average molecular weight is 455 g/mol. The number of benzene rings is 2. The average Bonchev–Trinajstić information content (AvgIpc) is 2.71. The van der Waals surface area contributed by atoms with Crippen molar-refractivity contribution >= 4 is 39.2 Å². The number of amides is 1. The minimum Gasteiger partial charge on any atom is -0.462 e. The number of esters is 1. The Balaban J connectivity index is 1.73. The number of sulfonamides is 1. The first kappa shape index (κ1) is 22.2. The van der Waals surface area contributed by atoms with Crippen LogP contribution in [0.25, 0.3) is 0 Å². The van der Waals surface area contributed by atoms with Crippen molar-refractivity contribution in [1.29, 1.82) is 0 Å². The van der Waals surface area contributed by atoms with Crippen LogP contribution in [0, 0.1) is 5.82 Å². The maximum atomic E-state index is 13.3. The van der Waals surface area contributed by atoms with Crippen LogP contribution in [-0.2, 0) is 19.6 Å². The van der Waals surface area contributed by atoms with Crippen LogP contribution in [0.3, 0.4) is 0 Å². The number of carbonyl (C=O) groups excluding carboxylic acids is 2. The topological polar surface area (TPSA) is 92.8 Å². The van der Waals surface area contributed by atoms with E-state index in [1.807, 2.05) is 0 Å². The number of rotatable bonds is 5. The summed E-state index contributed by atoms with van der Waals surface area (Å²) in [7, 11) is -3.81. The van der Waals surface area contributed by atoms with Crippen molar-refractivity contribution in [3.8, 4) is 0 Å². The molecule has 0 saturated carbocycles. The lowest BCUT2D eigenvalue weighted by Crippen LogP contribution is -2.41. The Morgan fingerprint density at radius 3 is 2.50 bits per heavy atom. The highest BCUT2D eigenvalue weighted by molar-refractivity contribution is 7.89. The van der Waals surface area contributed by atoms with Crippen molar-refractivity contribution < 1.29 is 27.1 Å². The van der Waals surface area contributed by atoms with Crippen LogP contribution in [0.2, 0.25) is 5.02 Å². The maximum absolute atomic E-state index is 13.3. The molecule has 0 aromatic heterocycles. The quantitative estimate of drug-likeness (QED) is 0.698. The van der Waals surface area contributed by atoms with E-state index in [0.717, 1.165) is 6.07 Å². The molecular weight excluding hydrogens is 435 g/mol. The zero-order chi connectivity index (χ0) is 21.9. The van der Waals surface area contributed by atoms with Crippen LogP contribution in [0.4, 0.5) is 10.1 Å². The monoisotopic (exact) mass is 454 g/mol. The van der Waals surface area contributed by atoms with E-state index in [9.17, 15) is 22.4 Å². The summed E-state index contributed by atoms with van der Waals surface area (Å²) in [6.45, 7) is 1.75. The molecule has 0 radical (unpaired) electrons. The smallest absolute Gasteiger partial charge is 0.302 e. The van der Waals surface area contributed by atoms with E-state index >= 15 is 0 Å². The van der Waals surface area contributed by atoms with Crippen LogP contribution < -0.4 is 5.32 Å². The Labute approximate surface area is 178 Å². The van der Waals surface area contributed by atoms with Gasteiger partial charge in [-0.1, -0.05) is 17.7 Å². The van der Waals surface area contributed by atoms with Gasteiger partial charge in [0.15, 0.2) is 0 Å². The molecule has 3 rings (SSSR count). The molecule has 7 nitrogen and oxygen atoms in total. The van der Waals surface area contributed by atoms with Gasteiger partial charge in [0.2, 0.25) is 10.0 Å². The minimum atomic E-state index is -3.81. The van der Waals surface area contributed by atoms with Gasteiger partial charge in [-0.25, -0.2) is 12.8 Å². The molecule has 1 heterocycles. The molecular formula is C20H20ClFN2O5S. The van der Waals surface area contributed by atoms with Gasteiger partial charge in [0.05, 0.1) is 9.92 Å². The molecule has 0 atom stereocenters. The summed E-state index contributed by atoms with van der Waals surface area (Å²) < 4.78 is 45.6. The van der Waals surface area contributed by atoms with Crippen molar-refractivity contribution in [1.82, 2.24) is 4.31 Å². The Kier molecular flexibility index (Phi) is 6.74. The Hall–Kier alpha value is -2.49. The number of hydrogen-bond acceptors (Lipinski definition) is 5. The zero-order valence-electron chi connectivity index (χ0n) is 16.1. The Bertz CT molecular complexity index is 1070. The highest BCUT2D eigenvalue weighted by Gasteiger charge is 2.30. The van der Waals surface area contributed by atoms with Gasteiger partial charge in [0, 0.05) is 31.3 Å². The normalized spacial score (nSPS) is 15.6. The fourth-order valence-corrected chi connectivity index (χ4v) is 4.85. The Morgan fingerprint density at radius 1 is 1.17 bits per heavy atom. The third-order valence-corrected chi connectivity index (χ3v) is 6.83. The van der Waals surface area contributed by atoms with Crippen molar-refractivity contribution in [2.24, 2.45) is 0 Å². The summed E-state index contributed by atoms with van der Waals surface area (Å²) in [5.41, 5.74) is 0.415. The largest absolute Gasteiger partial charge is 0.462 e. The number of nitrogens with one attached hydrogen (secondary N) is 1. The summed E-state index contributed by atoms with van der Waals surface area (Å²) in [5, 5.41) is 2.42. The van der Waals surface area contributed by atoms with Gasteiger partial charge in [-0.05, 0) is 49.2 Å². The SMILES string of the molecule is CC(=O)OC1CCN(S(=O)(=O)c2cccc(C(=O)Nc3ccc(F)c(Cl)c3)c2)CC1. The molecule has 0 aliphatic carbocycles. The second-order valence-corrected chi connectivity index (χ2v) is 9.17. The fraction of sp³-hybridized carbons (Fsp3) is 0.300. The Morgan fingerprint density at radius 2 is 1.87 bits per heavy atom. The molecule has 2 aromatic carbocycles. The molecule has 30 heavy (non-hydrogen) atoms. The van der Waals surface area contributed by atoms with Crippen molar-refractivity contribution in [3.63, 3.8) is 0 Å². The predicted molar refractivity (Wildman–Crippen MR) is 109 cm³/mol. The van der Waals surface area contributed by atoms with Gasteiger partial charge in [0.25, 0.3) is 5.91 Å². The van der Waals surface area contributed by atoms with E-state index < -0.39 is 27.7 Å². The molecule has 1 aliphatic rings. The predicted octanol–water partition coefficient (Wildman–Crippen LogP) is 3.45. The van der Waals surface area contributed by atoms with E-state index in [2.05, 4.69) is 5.32 Å². The molecule has 2 aromatic rings. The molecule has 10 heteroatoms. The van der Waals surface area contributed by atoms with Crippen molar-refractivity contribution in [3.05, 3.63) is 58.9 Å². The number of ether oxygens (including phenoxy) is 1. The van der Waals surface area contributed by atoms with Gasteiger partial charge in [-0.3, -0.25) is 9.59 Å². The molecule has 1 fully saturated rings. The van der Waals surface area contributed by atoms with E-state index in [-0.39, 0.29) is 40.4 Å². The lowest BCUT2D eigenvalue weighted by atomic mass is 10.1. The number of nitrogens with zero attached hydrogens (tertiary/aromatic N) is 1. The van der Waals surface area contributed by atoms with Gasteiger partial charge < -0.3 is 10.1 Å². The van der Waals surface area contributed by atoms with Crippen LogP contribution >= 0.6 is 11.6 Å². The lowest BCUT2D eigenvalue weighted by Gasteiger charge is -2.30. The van der Waals surface area contributed by atoms with E-state index in [1.54, 1.807) is 0 Å². The first-order chi connectivity index (χ1) is 14.2. The van der Waals surface area contributed by atoms with Gasteiger partial charge >= 0.3 is 5.97 Å². The van der Waals surface area contributed by atoms with Gasteiger partial charge in [-0.2, -0.15) is 4.31 Å². The van der Waals surface area contributed by atoms with Crippen LogP contribution in [0.1, 0.15) is 30.1 Å². The van der Waals surface area contributed by atoms with Crippen molar-refractivity contribution in [2.75, 3.05) is 18.4 Å². The van der Waals surface area contributed by atoms with Crippen LogP contribution in [-0.4, -0.2) is 43.8 Å². The third-order valence-electron chi connectivity index (χ3n) is 4.65. The first-order valence-corrected chi connectivity index (χ1v) is 11.0. The van der Waals surface area contributed by atoms with Gasteiger partial charge in [0.1, 0.15) is 11.9 Å². The van der Waals surface area contributed by atoms with Crippen molar-refractivity contribution in [2.45, 2.75) is 30.8 Å². The third kappa shape index (κ3) is 5.16. The molecule has 1 N–H and O–H groups in total. The summed E-state index contributed by atoms with van der Waals surface area (Å²) in [4.78, 5) is 23.6. The summed E-state index contributed by atoms with van der Waals surface area (Å²) >= 11 is 5.71. The standard InChI is InChI=1S/C20H20ClFN2O5S/c1-13(25)29-16-7-9-24(10-8-16)30(27,28)17-4-2-3-14(11-17)20(26)23-15-5-6-19(22)18(21)12-15/h2-6,11-12,16H,7-10H2,1H3,(H,23,26). The summed E-state index contributed by atoms with van der Waals surface area (Å²) in [6, 6.07) is 9.40. The first-order valence-electron chi connectivity index (χ1n) is 9.20. The fourth-order valence-electron chi connectivity index (χ4n) is 3.15. The zero-order valence-corrected chi connectivity index (χ0v) is 17.7. The second kappa shape index (κ2) is 9.11. The molecule has 0 spiro atoms. The van der Waals surface area contributed by atoms with E-state index in [4.69, 9.17) is 16.3 Å². The minimum absolute atomic E-state index is 0.0155. The summed E-state index contributed by atoms with van der Waals surface area (Å²) in [6.07, 6.45) is 0.517. The summed E-state index contributed by atoms with van der Waals surface area (Å²) in [5.74, 6) is -1.55. The second-order valence-electron chi connectivity index (χ2n) is 6.82. The number of piperidine rings is 1. The highest BCUT2D eigenvalue weighted by Crippen LogP contribution is 2.24. The lowest BCUT2D eigenvalue weighted by molar-refractivity contribution is -0.147. The van der Waals surface area contributed by atoms with Gasteiger partial charge in [-0.15, -0.1) is 0 Å². The van der Waals surface area contributed by atoms with E-state index in [0.29, 0.717) is 12.8 Å². The molecule has 0 bridgehead atoms. The molecule has 1 aliphatic heterocycles. The molecule has 1 amide bonds. The molecule has 160 valence electrons. The number of anilines is 1. The van der Waals surface area contributed by atoms with Crippen LogP contribution in [0.5, 0.6) is 0 Å². The number of carbonyl (C=O) groups is 2. The number of hydrogen-bond donors (Lipinski definition) is 1.